The number of hydrogen-bond acceptors (Lipinski definition) is 24. The molecule has 1 rings (SSSR count). The van der Waals surface area contributed by atoms with Crippen LogP contribution >= 0.6 is 8.17 Å². The molecule has 0 aliphatic carbocycles. The van der Waals surface area contributed by atoms with E-state index in [9.17, 15) is 60.0 Å². The summed E-state index contributed by atoms with van der Waals surface area (Å²) in [7, 11) is -4.77. The summed E-state index contributed by atoms with van der Waals surface area (Å²) in [4.78, 5) is 60.9. The fraction of sp³-hybridized carbons (Fsp3) is 0.841. The second kappa shape index (κ2) is 39.2. The van der Waals surface area contributed by atoms with Crippen molar-refractivity contribution in [2.75, 3.05) is 125 Å². The predicted molar refractivity (Wildman–Crippen MR) is 260 cm³/mol. The maximum absolute atomic E-state index is 12.4. The van der Waals surface area contributed by atoms with E-state index in [1.54, 1.807) is 6.92 Å². The van der Waals surface area contributed by atoms with E-state index in [4.69, 9.17) is 18.7 Å². The van der Waals surface area contributed by atoms with Gasteiger partial charge in [0.2, 0.25) is 0 Å². The van der Waals surface area contributed by atoms with Gasteiger partial charge in [-0.05, 0) is 38.9 Å². The zero-order valence-corrected chi connectivity index (χ0v) is 42.4. The van der Waals surface area contributed by atoms with Crippen molar-refractivity contribution in [2.24, 2.45) is 0 Å². The van der Waals surface area contributed by atoms with Gasteiger partial charge in [-0.2, -0.15) is 0 Å². The number of nitrogens with zero attached hydrogens (tertiary/aromatic N) is 3. The molecule has 6 atom stereocenters. The summed E-state index contributed by atoms with van der Waals surface area (Å²) in [5.41, 5.74) is 1.23. The number of nitrogens with one attached hydrogen (secondary N) is 5. The van der Waals surface area contributed by atoms with E-state index in [0.29, 0.717) is 56.1 Å². The minimum atomic E-state index is -4.77. The van der Waals surface area contributed by atoms with Gasteiger partial charge in [-0.1, -0.05) is 27.2 Å². The molecule has 1 heterocycles. The van der Waals surface area contributed by atoms with Gasteiger partial charge in [0.15, 0.2) is 0 Å². The Morgan fingerprint density at radius 3 is 1.52 bits per heavy atom. The van der Waals surface area contributed by atoms with E-state index in [1.807, 2.05) is 0 Å². The van der Waals surface area contributed by atoms with Crippen LogP contribution in [0.5, 0.6) is 5.75 Å². The first-order chi connectivity index (χ1) is 32.9. The Balaban J connectivity index is 2.36. The van der Waals surface area contributed by atoms with Crippen molar-refractivity contribution in [2.45, 2.75) is 116 Å². The van der Waals surface area contributed by atoms with Crippen LogP contribution < -0.4 is 26.6 Å². The summed E-state index contributed by atoms with van der Waals surface area (Å²) < 4.78 is 20.0. The first-order valence-corrected chi connectivity index (χ1v) is 26.1. The summed E-state index contributed by atoms with van der Waals surface area (Å²) in [6, 6.07) is 0. The van der Waals surface area contributed by atoms with Crippen molar-refractivity contribution in [1.29, 1.82) is 0 Å². The average molecular weight is 1020 g/mol. The van der Waals surface area contributed by atoms with Crippen molar-refractivity contribution in [3.05, 3.63) is 23.0 Å². The van der Waals surface area contributed by atoms with Crippen LogP contribution in [-0.2, 0) is 41.5 Å². The summed E-state index contributed by atoms with van der Waals surface area (Å²) >= 11 is 0. The molecule has 0 aliphatic rings. The Kier molecular flexibility index (Phi) is 36.7. The molecule has 0 radical (unpaired) electrons. The summed E-state index contributed by atoms with van der Waals surface area (Å²) in [6.07, 6.45) is -4.46. The molecule has 406 valence electrons. The summed E-state index contributed by atoms with van der Waals surface area (Å²) in [5.74, 6) is -1.31. The summed E-state index contributed by atoms with van der Waals surface area (Å²) in [5, 5.41) is 88.8. The molecule has 0 bridgehead atoms. The maximum atomic E-state index is 12.4. The molecule has 0 spiro atoms. The third-order valence-electron chi connectivity index (χ3n) is 10.8. The number of esters is 2. The van der Waals surface area contributed by atoms with E-state index in [-0.39, 0.29) is 38.3 Å². The average Bonchev–Trinajstić information content (AvgIpc) is 3.31. The Labute approximate surface area is 408 Å². The van der Waals surface area contributed by atoms with Gasteiger partial charge in [0.25, 0.3) is 0 Å². The van der Waals surface area contributed by atoms with E-state index in [2.05, 4.69) is 62.1 Å². The van der Waals surface area contributed by atoms with Gasteiger partial charge >= 0.3 is 158 Å². The quantitative estimate of drug-likeness (QED) is 0.0173. The normalized spacial score (nSPS) is 15.0. The fourth-order valence-corrected chi connectivity index (χ4v) is 6.99. The zero-order chi connectivity index (χ0) is 51.5. The number of aliphatic hydroxyl groups excluding tert-OH is 6. The van der Waals surface area contributed by atoms with Crippen LogP contribution in [0.4, 0.5) is 0 Å². The number of pyridine rings is 1. The molecule has 0 fully saturated rings. The van der Waals surface area contributed by atoms with Crippen molar-refractivity contribution >= 4 is 20.1 Å². The van der Waals surface area contributed by atoms with Crippen LogP contribution in [0.3, 0.4) is 0 Å². The summed E-state index contributed by atoms with van der Waals surface area (Å²) in [6.45, 7) is 16.2. The number of hydrogen-bond donors (Lipinski definition) is 15. The Morgan fingerprint density at radius 1 is 0.609 bits per heavy atom. The number of carbonyl (C=O) groups excluding carboxylic acids is 2. The van der Waals surface area contributed by atoms with Crippen molar-refractivity contribution in [3.63, 3.8) is 0 Å². The number of aryl methyl sites for hydroxylation is 1. The molecule has 0 saturated heterocycles. The number of carbonyl (C=O) groups is 2. The van der Waals surface area contributed by atoms with Gasteiger partial charge < -0.3 is 60.4 Å². The molecule has 69 heavy (non-hydrogen) atoms. The van der Waals surface area contributed by atoms with Crippen LogP contribution in [-0.4, -0.2) is 238 Å². The van der Waals surface area contributed by atoms with Crippen molar-refractivity contribution in [1.82, 2.24) is 41.4 Å². The third kappa shape index (κ3) is 31.6. The fourth-order valence-electron chi connectivity index (χ4n) is 6.64. The molecule has 1 aromatic rings. The molecule has 0 aromatic carbocycles. The topological polar surface area (TPSA) is 353 Å². The van der Waals surface area contributed by atoms with Crippen LogP contribution in [0.2, 0.25) is 0 Å². The van der Waals surface area contributed by atoms with E-state index < -0.39 is 83.2 Å². The monoisotopic (exact) mass is 1020 g/mol. The van der Waals surface area contributed by atoms with Crippen LogP contribution in [0.15, 0.2) is 6.20 Å². The molecular formula is C44H89N8O16P. The SMILES string of the molecule is CCCCNCCN(CCNCCC(=O)OCC(O)C(O)C(O)COCC(O)C(O)C(O)COC(=O)CCNCCN(CCC)CCNCCC)CCNCc1c(CO[PH](O)(O)O)cnc(C)c1O. The second-order valence-electron chi connectivity index (χ2n) is 16.9. The number of rotatable bonds is 45. The number of aromatic hydroxyl groups is 1. The minimum absolute atomic E-state index is 0.0413. The first kappa shape index (κ1) is 64.6. The standard InChI is InChI=1S/C44H89N8O16P/c1-5-8-12-46-16-23-52(25-19-49-27-35-34(28-68-69(62,63)64)26-50-33(4)42(35)59)24-18-48-14-10-41(58)67-32-39(56)44(61)37(54)30-65-29-36(53)43(60)38(55)31-66-40(57)9-13-47-17-22-51(20-7-3)21-15-45-11-6-2/h26,36-39,43-49,53-56,59-64,69H,5-25,27-32H2,1-4H3. The molecule has 25 heteroatoms. The van der Waals surface area contributed by atoms with Crippen LogP contribution in [0.25, 0.3) is 0 Å². The molecule has 0 aliphatic heterocycles. The van der Waals surface area contributed by atoms with Crippen molar-refractivity contribution in [3.8, 4) is 5.75 Å². The predicted octanol–water partition coefficient (Wildman–Crippen LogP) is -3.28. The number of aliphatic hydroxyl groups is 6. The van der Waals surface area contributed by atoms with Gasteiger partial charge in [0, 0.05) is 39.3 Å². The molecule has 6 unspecified atom stereocenters. The Bertz CT molecular complexity index is 1480. The molecule has 15 N–H and O–H groups in total. The van der Waals surface area contributed by atoms with Gasteiger partial charge in [0.1, 0.15) is 49.8 Å². The van der Waals surface area contributed by atoms with Gasteiger partial charge in [-0.25, -0.2) is 0 Å². The number of aromatic nitrogens is 1. The zero-order valence-electron chi connectivity index (χ0n) is 41.4. The van der Waals surface area contributed by atoms with Crippen molar-refractivity contribution < 1.29 is 78.7 Å². The first-order valence-electron chi connectivity index (χ1n) is 24.4. The van der Waals surface area contributed by atoms with Gasteiger partial charge in [0.05, 0.1) is 26.1 Å². The van der Waals surface area contributed by atoms with E-state index in [1.165, 1.54) is 6.20 Å². The van der Waals surface area contributed by atoms with Crippen LogP contribution in [0, 0.1) is 6.92 Å². The van der Waals surface area contributed by atoms with E-state index in [0.717, 1.165) is 78.0 Å². The number of unbranched alkanes of at least 4 members (excludes halogenated alkanes) is 1. The number of ether oxygens (including phenoxy) is 3. The molecule has 0 amide bonds. The second-order valence-corrected chi connectivity index (χ2v) is 18.4. The third-order valence-corrected chi connectivity index (χ3v) is 11.4. The Hall–Kier alpha value is -2.40. The van der Waals surface area contributed by atoms with Gasteiger partial charge in [-0.3, -0.25) is 9.59 Å². The van der Waals surface area contributed by atoms with Crippen LogP contribution in [0.1, 0.15) is 76.1 Å². The Morgan fingerprint density at radius 2 is 1.06 bits per heavy atom. The van der Waals surface area contributed by atoms with Gasteiger partial charge in [-0.15, -0.1) is 0 Å². The van der Waals surface area contributed by atoms with E-state index >= 15 is 0 Å². The molecule has 1 aromatic heterocycles. The molecular weight excluding hydrogens is 927 g/mol. The molecule has 0 saturated carbocycles. The molecule has 24 nitrogen and oxygen atoms in total.